The molecule has 94 valence electrons. The highest BCUT2D eigenvalue weighted by atomic mass is 16.2. The molecular formula is C13H15N3O2. The molecule has 0 radical (unpaired) electrons. The van der Waals surface area contributed by atoms with E-state index in [0.29, 0.717) is 11.0 Å². The van der Waals surface area contributed by atoms with Gasteiger partial charge in [0.2, 0.25) is 0 Å². The van der Waals surface area contributed by atoms with Crippen LogP contribution in [0.2, 0.25) is 0 Å². The van der Waals surface area contributed by atoms with Crippen LogP contribution < -0.4 is 11.0 Å². The summed E-state index contributed by atoms with van der Waals surface area (Å²) in [5.74, 6) is -0.155. The summed E-state index contributed by atoms with van der Waals surface area (Å²) < 4.78 is 1.25. The number of aromatic nitrogens is 2. The lowest BCUT2D eigenvalue weighted by atomic mass is 10.0. The van der Waals surface area contributed by atoms with Gasteiger partial charge in [0.15, 0.2) is 0 Å². The topological polar surface area (TPSA) is 66.9 Å². The van der Waals surface area contributed by atoms with Gasteiger partial charge < -0.3 is 10.3 Å². The molecule has 3 rings (SSSR count). The lowest BCUT2D eigenvalue weighted by Gasteiger charge is -2.22. The van der Waals surface area contributed by atoms with Crippen molar-refractivity contribution in [2.75, 3.05) is 6.54 Å². The minimum absolute atomic E-state index is 0.155. The monoisotopic (exact) mass is 245 g/mol. The van der Waals surface area contributed by atoms with E-state index in [1.54, 1.807) is 12.1 Å². The number of rotatable bonds is 1. The van der Waals surface area contributed by atoms with E-state index in [0.717, 1.165) is 25.8 Å². The van der Waals surface area contributed by atoms with Crippen molar-refractivity contribution in [3.05, 3.63) is 34.7 Å². The molecule has 5 nitrogen and oxygen atoms in total. The van der Waals surface area contributed by atoms with Gasteiger partial charge in [-0.05, 0) is 31.5 Å². The number of piperidine rings is 1. The molecule has 5 heteroatoms. The lowest BCUT2D eigenvalue weighted by Crippen LogP contribution is -2.45. The Balaban J connectivity index is 2.05. The van der Waals surface area contributed by atoms with Crippen LogP contribution in [0.25, 0.3) is 11.0 Å². The second-order valence-corrected chi connectivity index (χ2v) is 4.62. The first-order valence-electron chi connectivity index (χ1n) is 6.25. The molecule has 1 aromatic carbocycles. The molecule has 1 unspecified atom stereocenters. The summed E-state index contributed by atoms with van der Waals surface area (Å²) >= 11 is 0. The highest BCUT2D eigenvalue weighted by molar-refractivity contribution is 5.93. The van der Waals surface area contributed by atoms with Gasteiger partial charge in [-0.3, -0.25) is 4.79 Å². The molecular weight excluding hydrogens is 230 g/mol. The number of benzene rings is 1. The van der Waals surface area contributed by atoms with Crippen LogP contribution in [0.5, 0.6) is 0 Å². The van der Waals surface area contributed by atoms with Gasteiger partial charge in [-0.25, -0.2) is 9.36 Å². The Morgan fingerprint density at radius 1 is 1.28 bits per heavy atom. The summed E-state index contributed by atoms with van der Waals surface area (Å²) in [5, 5.41) is 3.18. The number of imidazole rings is 1. The maximum atomic E-state index is 12.4. The maximum Gasteiger partial charge on any atom is 0.333 e. The van der Waals surface area contributed by atoms with Crippen LogP contribution in [-0.2, 0) is 0 Å². The van der Waals surface area contributed by atoms with E-state index < -0.39 is 0 Å². The zero-order valence-corrected chi connectivity index (χ0v) is 9.98. The average Bonchev–Trinajstić information content (AvgIpc) is 2.75. The normalized spacial score (nSPS) is 20.1. The van der Waals surface area contributed by atoms with Crippen molar-refractivity contribution in [3.8, 4) is 0 Å². The molecule has 0 spiro atoms. The molecule has 1 aliphatic rings. The Kier molecular flexibility index (Phi) is 2.76. The number of H-pyrrole nitrogens is 1. The Morgan fingerprint density at radius 2 is 2.11 bits per heavy atom. The van der Waals surface area contributed by atoms with Crippen LogP contribution >= 0.6 is 0 Å². The van der Waals surface area contributed by atoms with E-state index in [4.69, 9.17) is 0 Å². The van der Waals surface area contributed by atoms with Gasteiger partial charge in [0.05, 0.1) is 17.1 Å². The third kappa shape index (κ3) is 1.76. The van der Waals surface area contributed by atoms with E-state index >= 15 is 0 Å². The Labute approximate surface area is 104 Å². The van der Waals surface area contributed by atoms with Gasteiger partial charge in [0.1, 0.15) is 0 Å². The molecule has 1 aliphatic heterocycles. The van der Waals surface area contributed by atoms with E-state index in [-0.39, 0.29) is 17.6 Å². The number of nitrogens with one attached hydrogen (secondary N) is 2. The van der Waals surface area contributed by atoms with E-state index in [1.165, 1.54) is 4.57 Å². The van der Waals surface area contributed by atoms with E-state index in [9.17, 15) is 9.59 Å². The largest absolute Gasteiger partial charge is 0.333 e. The lowest BCUT2D eigenvalue weighted by molar-refractivity contribution is 0.0844. The fraction of sp³-hybridized carbons (Fsp3) is 0.385. The van der Waals surface area contributed by atoms with E-state index in [2.05, 4.69) is 10.3 Å². The molecule has 0 aliphatic carbocycles. The van der Waals surface area contributed by atoms with Crippen molar-refractivity contribution in [2.24, 2.45) is 0 Å². The molecule has 1 aromatic heterocycles. The highest BCUT2D eigenvalue weighted by Gasteiger charge is 2.24. The third-order valence-electron chi connectivity index (χ3n) is 3.42. The average molecular weight is 245 g/mol. The minimum atomic E-state index is -0.353. The summed E-state index contributed by atoms with van der Waals surface area (Å²) in [6.45, 7) is 0.841. The van der Waals surface area contributed by atoms with Crippen LogP contribution in [0, 0.1) is 0 Å². The van der Waals surface area contributed by atoms with Crippen LogP contribution in [0.4, 0.5) is 0 Å². The summed E-state index contributed by atoms with van der Waals surface area (Å²) in [4.78, 5) is 27.0. The number of aromatic amines is 1. The molecule has 1 fully saturated rings. The van der Waals surface area contributed by atoms with Crippen molar-refractivity contribution >= 4 is 16.9 Å². The van der Waals surface area contributed by atoms with Gasteiger partial charge in [-0.2, -0.15) is 0 Å². The molecule has 2 heterocycles. The van der Waals surface area contributed by atoms with Crippen molar-refractivity contribution in [3.63, 3.8) is 0 Å². The predicted molar refractivity (Wildman–Crippen MR) is 68.8 cm³/mol. The number of para-hydroxylation sites is 2. The third-order valence-corrected chi connectivity index (χ3v) is 3.42. The molecule has 0 amide bonds. The number of fused-ring (bicyclic) bond motifs is 1. The number of hydrogen-bond donors (Lipinski definition) is 2. The molecule has 1 saturated heterocycles. The standard InChI is InChI=1S/C13H15N3O2/c17-12(10-6-3-4-8-14-10)16-11-7-2-1-5-9(11)15-13(16)18/h1-2,5,7,10,14H,3-4,6,8H2,(H,15,18). The van der Waals surface area contributed by atoms with E-state index in [1.807, 2.05) is 12.1 Å². The zero-order chi connectivity index (χ0) is 12.5. The van der Waals surface area contributed by atoms with Gasteiger partial charge in [0, 0.05) is 0 Å². The smallest absolute Gasteiger partial charge is 0.306 e. The first-order chi connectivity index (χ1) is 8.77. The first-order valence-corrected chi connectivity index (χ1v) is 6.25. The first kappa shape index (κ1) is 11.2. The van der Waals surface area contributed by atoms with Gasteiger partial charge in [-0.15, -0.1) is 0 Å². The van der Waals surface area contributed by atoms with Crippen molar-refractivity contribution in [2.45, 2.75) is 25.3 Å². The van der Waals surface area contributed by atoms with Crippen LogP contribution in [-0.4, -0.2) is 28.0 Å². The number of nitrogens with zero attached hydrogens (tertiary/aromatic N) is 1. The summed E-state index contributed by atoms with van der Waals surface area (Å²) in [6, 6.07) is 7.01. The summed E-state index contributed by atoms with van der Waals surface area (Å²) in [7, 11) is 0. The van der Waals surface area contributed by atoms with Crippen LogP contribution in [0.15, 0.2) is 29.1 Å². The van der Waals surface area contributed by atoms with Crippen LogP contribution in [0.3, 0.4) is 0 Å². The molecule has 0 bridgehead atoms. The molecule has 0 saturated carbocycles. The Hall–Kier alpha value is -1.88. The quantitative estimate of drug-likeness (QED) is 0.791. The molecule has 2 aromatic rings. The van der Waals surface area contributed by atoms with Crippen molar-refractivity contribution in [1.29, 1.82) is 0 Å². The second-order valence-electron chi connectivity index (χ2n) is 4.62. The van der Waals surface area contributed by atoms with Gasteiger partial charge >= 0.3 is 5.69 Å². The molecule has 1 atom stereocenters. The fourth-order valence-corrected chi connectivity index (χ4v) is 2.49. The molecule has 18 heavy (non-hydrogen) atoms. The van der Waals surface area contributed by atoms with Crippen LogP contribution in [0.1, 0.15) is 24.1 Å². The highest BCUT2D eigenvalue weighted by Crippen LogP contribution is 2.13. The Bertz CT molecular complexity index is 635. The van der Waals surface area contributed by atoms with Crippen molar-refractivity contribution in [1.82, 2.24) is 14.9 Å². The fourth-order valence-electron chi connectivity index (χ4n) is 2.49. The molecule has 2 N–H and O–H groups in total. The summed E-state index contributed by atoms with van der Waals surface area (Å²) in [6.07, 6.45) is 2.91. The van der Waals surface area contributed by atoms with Gasteiger partial charge in [-0.1, -0.05) is 18.6 Å². The minimum Gasteiger partial charge on any atom is -0.306 e. The predicted octanol–water partition coefficient (Wildman–Crippen LogP) is 1.11. The second kappa shape index (κ2) is 4.42. The SMILES string of the molecule is O=C(C1CCCCN1)n1c(=O)[nH]c2ccccc21. The maximum absolute atomic E-state index is 12.4. The van der Waals surface area contributed by atoms with Gasteiger partial charge in [0.25, 0.3) is 5.91 Å². The summed E-state index contributed by atoms with van der Waals surface area (Å²) in [5.41, 5.74) is 1.00. The number of carbonyl (C=O) groups is 1. The zero-order valence-electron chi connectivity index (χ0n) is 9.98. The number of hydrogen-bond acceptors (Lipinski definition) is 3. The number of carbonyl (C=O) groups excluding carboxylic acids is 1. The Morgan fingerprint density at radius 3 is 2.89 bits per heavy atom. The van der Waals surface area contributed by atoms with Crippen molar-refractivity contribution < 1.29 is 4.79 Å².